The number of hydrogen-bond donors (Lipinski definition) is 3. The summed E-state index contributed by atoms with van der Waals surface area (Å²) >= 11 is 0. The van der Waals surface area contributed by atoms with E-state index < -0.39 is 5.60 Å². The number of aromatic nitrogens is 3. The number of rotatable bonds is 3. The summed E-state index contributed by atoms with van der Waals surface area (Å²) in [6.07, 6.45) is 5.02. The number of anilines is 1. The largest absolute Gasteiger partial charge is 0.388 e. The van der Waals surface area contributed by atoms with E-state index in [9.17, 15) is 5.11 Å². The number of aliphatic hydroxyl groups is 1. The summed E-state index contributed by atoms with van der Waals surface area (Å²) in [5, 5.41) is 14.2. The Morgan fingerprint density at radius 2 is 2.10 bits per heavy atom. The zero-order chi connectivity index (χ0) is 15.6. The zero-order valence-electron chi connectivity index (χ0n) is 13.2. The van der Waals surface area contributed by atoms with Crippen LogP contribution in [-0.2, 0) is 0 Å². The second kappa shape index (κ2) is 5.99. The van der Waals surface area contributed by atoms with Gasteiger partial charge in [-0.3, -0.25) is 0 Å². The van der Waals surface area contributed by atoms with E-state index in [2.05, 4.69) is 26.0 Å². The smallest absolute Gasteiger partial charge is 0.145 e. The van der Waals surface area contributed by atoms with Crippen LogP contribution in [0.15, 0.2) is 12.5 Å². The van der Waals surface area contributed by atoms with Crippen LogP contribution in [0.25, 0.3) is 11.0 Å². The molecule has 0 aliphatic heterocycles. The van der Waals surface area contributed by atoms with E-state index in [4.69, 9.17) is 5.73 Å². The molecule has 1 saturated carbocycles. The molecule has 0 saturated heterocycles. The molecule has 0 atom stereocenters. The number of aryl methyl sites for hydroxylation is 1. The fourth-order valence-electron chi connectivity index (χ4n) is 3.06. The van der Waals surface area contributed by atoms with Crippen LogP contribution in [0.2, 0.25) is 0 Å². The van der Waals surface area contributed by atoms with Gasteiger partial charge >= 0.3 is 0 Å². The SMILES string of the molecule is CC.CNCC1(O)CC(n2cc(C)c3c(N)ncnc32)C1. The van der Waals surface area contributed by atoms with E-state index in [-0.39, 0.29) is 6.04 Å². The topological polar surface area (TPSA) is 89.0 Å². The first-order chi connectivity index (χ1) is 10.0. The Labute approximate surface area is 125 Å². The lowest BCUT2D eigenvalue weighted by atomic mass is 9.75. The van der Waals surface area contributed by atoms with Gasteiger partial charge in [-0.05, 0) is 32.4 Å². The molecule has 2 aromatic heterocycles. The zero-order valence-corrected chi connectivity index (χ0v) is 13.2. The van der Waals surface area contributed by atoms with Crippen molar-refractivity contribution in [3.05, 3.63) is 18.1 Å². The highest BCUT2D eigenvalue weighted by Gasteiger charge is 2.43. The average molecular weight is 291 g/mol. The van der Waals surface area contributed by atoms with Gasteiger partial charge in [-0.25, -0.2) is 9.97 Å². The minimum atomic E-state index is -0.595. The lowest BCUT2D eigenvalue weighted by Gasteiger charge is -2.44. The van der Waals surface area contributed by atoms with Crippen LogP contribution in [-0.4, -0.2) is 38.8 Å². The summed E-state index contributed by atoms with van der Waals surface area (Å²) < 4.78 is 2.12. The van der Waals surface area contributed by atoms with Crippen LogP contribution in [0, 0.1) is 6.92 Å². The normalized spacial score (nSPS) is 24.3. The van der Waals surface area contributed by atoms with Crippen LogP contribution in [0.4, 0.5) is 5.82 Å². The van der Waals surface area contributed by atoms with Crippen LogP contribution in [0.3, 0.4) is 0 Å². The molecule has 2 heterocycles. The number of likely N-dealkylation sites (N-methyl/N-ethyl adjacent to an activating group) is 1. The highest BCUT2D eigenvalue weighted by molar-refractivity contribution is 5.89. The Kier molecular flexibility index (Phi) is 4.49. The van der Waals surface area contributed by atoms with Crippen molar-refractivity contribution >= 4 is 16.9 Å². The first-order valence-corrected chi connectivity index (χ1v) is 7.49. The van der Waals surface area contributed by atoms with Crippen LogP contribution >= 0.6 is 0 Å². The first kappa shape index (κ1) is 15.7. The first-order valence-electron chi connectivity index (χ1n) is 7.49. The number of nitrogens with one attached hydrogen (secondary N) is 1. The van der Waals surface area contributed by atoms with Crippen LogP contribution in [0.1, 0.15) is 38.3 Å². The molecule has 0 unspecified atom stereocenters. The van der Waals surface area contributed by atoms with Crippen molar-refractivity contribution in [2.75, 3.05) is 19.3 Å². The molecule has 6 heteroatoms. The standard InChI is InChI=1S/C13H19N5O.C2H6/c1-8-5-18(9-3-13(19,4-9)6-15-2)12-10(8)11(14)16-7-17-12;1-2/h5,7,9,15,19H,3-4,6H2,1-2H3,(H2,14,16,17);1-2H3. The maximum atomic E-state index is 10.2. The fraction of sp³-hybridized carbons (Fsp3) is 0.600. The Bertz CT molecular complexity index is 616. The van der Waals surface area contributed by atoms with Gasteiger partial charge in [0, 0.05) is 18.8 Å². The van der Waals surface area contributed by atoms with Crippen LogP contribution < -0.4 is 11.1 Å². The van der Waals surface area contributed by atoms with Gasteiger partial charge in [-0.1, -0.05) is 13.8 Å². The third-order valence-corrected chi connectivity index (χ3v) is 3.96. The Hall–Kier alpha value is -1.66. The van der Waals surface area contributed by atoms with Crippen molar-refractivity contribution in [3.63, 3.8) is 0 Å². The van der Waals surface area contributed by atoms with Crippen molar-refractivity contribution in [1.82, 2.24) is 19.9 Å². The average Bonchev–Trinajstić information content (AvgIpc) is 2.77. The number of nitrogens with zero attached hydrogens (tertiary/aromatic N) is 3. The lowest BCUT2D eigenvalue weighted by molar-refractivity contribution is -0.0629. The molecule has 0 bridgehead atoms. The van der Waals surface area contributed by atoms with E-state index >= 15 is 0 Å². The molecule has 1 aliphatic rings. The minimum Gasteiger partial charge on any atom is -0.388 e. The number of nitrogen functional groups attached to an aromatic ring is 1. The van der Waals surface area contributed by atoms with E-state index in [0.29, 0.717) is 12.4 Å². The molecule has 3 rings (SSSR count). The Balaban J connectivity index is 0.000000774. The maximum absolute atomic E-state index is 10.2. The van der Waals surface area contributed by atoms with Crippen molar-refractivity contribution in [2.24, 2.45) is 0 Å². The van der Waals surface area contributed by atoms with Gasteiger partial charge in [-0.15, -0.1) is 0 Å². The molecule has 0 spiro atoms. The predicted octanol–water partition coefficient (Wildman–Crippen LogP) is 1.63. The quantitative estimate of drug-likeness (QED) is 0.800. The second-order valence-corrected chi connectivity index (χ2v) is 5.49. The van der Waals surface area contributed by atoms with Crippen molar-refractivity contribution in [1.29, 1.82) is 0 Å². The highest BCUT2D eigenvalue weighted by atomic mass is 16.3. The van der Waals surface area contributed by atoms with Crippen molar-refractivity contribution < 1.29 is 5.11 Å². The molecule has 0 radical (unpaired) electrons. The van der Waals surface area contributed by atoms with E-state index in [0.717, 1.165) is 29.4 Å². The summed E-state index contributed by atoms with van der Waals surface area (Å²) in [5.74, 6) is 0.520. The van der Waals surface area contributed by atoms with Gasteiger partial charge in [-0.2, -0.15) is 0 Å². The van der Waals surface area contributed by atoms with Crippen molar-refractivity contribution in [2.45, 2.75) is 45.3 Å². The fourth-order valence-corrected chi connectivity index (χ4v) is 3.06. The summed E-state index contributed by atoms with van der Waals surface area (Å²) in [6.45, 7) is 6.63. The van der Waals surface area contributed by atoms with E-state index in [1.807, 2.05) is 27.8 Å². The van der Waals surface area contributed by atoms with Gasteiger partial charge < -0.3 is 20.7 Å². The summed E-state index contributed by atoms with van der Waals surface area (Å²) in [4.78, 5) is 8.37. The Morgan fingerprint density at radius 3 is 2.71 bits per heavy atom. The third kappa shape index (κ3) is 2.73. The van der Waals surface area contributed by atoms with E-state index in [1.54, 1.807) is 0 Å². The van der Waals surface area contributed by atoms with Gasteiger partial charge in [0.1, 0.15) is 17.8 Å². The number of hydrogen-bond acceptors (Lipinski definition) is 5. The molecule has 1 aliphatic carbocycles. The highest BCUT2D eigenvalue weighted by Crippen LogP contribution is 2.43. The van der Waals surface area contributed by atoms with Gasteiger partial charge in [0.25, 0.3) is 0 Å². The molecule has 0 amide bonds. The molecule has 116 valence electrons. The monoisotopic (exact) mass is 291 g/mol. The molecule has 4 N–H and O–H groups in total. The number of fused-ring (bicyclic) bond motifs is 1. The molecular formula is C15H25N5O. The van der Waals surface area contributed by atoms with Gasteiger partial charge in [0.15, 0.2) is 0 Å². The molecule has 6 nitrogen and oxygen atoms in total. The molecule has 2 aromatic rings. The molecule has 21 heavy (non-hydrogen) atoms. The lowest BCUT2D eigenvalue weighted by Crippen LogP contribution is -2.50. The van der Waals surface area contributed by atoms with Gasteiger partial charge in [0.05, 0.1) is 11.0 Å². The molecule has 0 aromatic carbocycles. The maximum Gasteiger partial charge on any atom is 0.145 e. The molecule has 1 fully saturated rings. The number of nitrogens with two attached hydrogens (primary N) is 1. The predicted molar refractivity (Wildman–Crippen MR) is 85.2 cm³/mol. The second-order valence-electron chi connectivity index (χ2n) is 5.49. The van der Waals surface area contributed by atoms with Crippen molar-refractivity contribution in [3.8, 4) is 0 Å². The molecular weight excluding hydrogens is 266 g/mol. The third-order valence-electron chi connectivity index (χ3n) is 3.96. The Morgan fingerprint density at radius 1 is 1.43 bits per heavy atom. The van der Waals surface area contributed by atoms with Crippen LogP contribution in [0.5, 0.6) is 0 Å². The van der Waals surface area contributed by atoms with E-state index in [1.165, 1.54) is 6.33 Å². The summed E-state index contributed by atoms with van der Waals surface area (Å²) in [6, 6.07) is 0.281. The van der Waals surface area contributed by atoms with Gasteiger partial charge in [0.2, 0.25) is 0 Å². The minimum absolute atomic E-state index is 0.281. The summed E-state index contributed by atoms with van der Waals surface area (Å²) in [5.41, 5.74) is 7.26. The summed E-state index contributed by atoms with van der Waals surface area (Å²) in [7, 11) is 1.86.